The Balaban J connectivity index is 1.76. The van der Waals surface area contributed by atoms with Gasteiger partial charge in [0.1, 0.15) is 5.69 Å². The summed E-state index contributed by atoms with van der Waals surface area (Å²) in [4.78, 5) is 23.4. The summed E-state index contributed by atoms with van der Waals surface area (Å²) in [7, 11) is 2.08. The van der Waals surface area contributed by atoms with Crippen LogP contribution in [0.3, 0.4) is 0 Å². The van der Waals surface area contributed by atoms with Gasteiger partial charge in [-0.2, -0.15) is 0 Å². The Morgan fingerprint density at radius 1 is 1.12 bits per heavy atom. The zero-order chi connectivity index (χ0) is 17.8. The van der Waals surface area contributed by atoms with Crippen molar-refractivity contribution in [2.45, 2.75) is 13.8 Å². The maximum absolute atomic E-state index is 12.6. The Kier molecular flexibility index (Phi) is 5.34. The van der Waals surface area contributed by atoms with Gasteiger partial charge in [0.05, 0.1) is 11.9 Å². The van der Waals surface area contributed by atoms with Crippen molar-refractivity contribution in [2.24, 2.45) is 0 Å². The highest BCUT2D eigenvalue weighted by molar-refractivity contribution is 5.92. The summed E-state index contributed by atoms with van der Waals surface area (Å²) in [5.74, 6) is 0.0262. The summed E-state index contributed by atoms with van der Waals surface area (Å²) in [6.07, 6.45) is 1.80. The van der Waals surface area contributed by atoms with Gasteiger partial charge >= 0.3 is 0 Å². The third kappa shape index (κ3) is 3.99. The second kappa shape index (κ2) is 7.66. The van der Waals surface area contributed by atoms with Crippen molar-refractivity contribution in [2.75, 3.05) is 44.7 Å². The molecular formula is C20H26N4O. The molecule has 0 radical (unpaired) electrons. The smallest absolute Gasteiger partial charge is 0.272 e. The van der Waals surface area contributed by atoms with Crippen molar-refractivity contribution < 1.29 is 4.79 Å². The molecule has 0 aliphatic carbocycles. The van der Waals surface area contributed by atoms with Crippen LogP contribution in [0.4, 0.5) is 11.4 Å². The fourth-order valence-electron chi connectivity index (χ4n) is 3.15. The molecule has 0 unspecified atom stereocenters. The Morgan fingerprint density at radius 2 is 1.88 bits per heavy atom. The lowest BCUT2D eigenvalue weighted by molar-refractivity contribution is 0.0658. The SMILES string of the molecule is CCN(c1ccc(C(=O)N2CCN(C)CC2)nc1)c1cccc(C)c1. The molecule has 1 aromatic heterocycles. The predicted octanol–water partition coefficient (Wildman–Crippen LogP) is 2.94. The van der Waals surface area contributed by atoms with Gasteiger partial charge in [-0.1, -0.05) is 12.1 Å². The molecule has 1 aliphatic rings. The van der Waals surface area contributed by atoms with E-state index in [1.54, 1.807) is 6.20 Å². The zero-order valence-corrected chi connectivity index (χ0v) is 15.3. The van der Waals surface area contributed by atoms with Crippen LogP contribution < -0.4 is 4.90 Å². The molecule has 5 heteroatoms. The predicted molar refractivity (Wildman–Crippen MR) is 101 cm³/mol. The Morgan fingerprint density at radius 3 is 2.48 bits per heavy atom. The Bertz CT molecular complexity index is 721. The number of piperazine rings is 1. The van der Waals surface area contributed by atoms with Gasteiger partial charge in [-0.05, 0) is 50.7 Å². The number of pyridine rings is 1. The molecule has 5 nitrogen and oxygen atoms in total. The number of carbonyl (C=O) groups excluding carboxylic acids is 1. The van der Waals surface area contributed by atoms with Crippen LogP contribution in [0.1, 0.15) is 23.0 Å². The maximum atomic E-state index is 12.6. The van der Waals surface area contributed by atoms with Crippen LogP contribution in [0.2, 0.25) is 0 Å². The molecule has 132 valence electrons. The fourth-order valence-corrected chi connectivity index (χ4v) is 3.15. The number of rotatable bonds is 4. The van der Waals surface area contributed by atoms with E-state index in [-0.39, 0.29) is 5.91 Å². The summed E-state index contributed by atoms with van der Waals surface area (Å²) < 4.78 is 0. The van der Waals surface area contributed by atoms with E-state index >= 15 is 0 Å². The van der Waals surface area contributed by atoms with Gasteiger partial charge in [0.15, 0.2) is 0 Å². The number of hydrogen-bond donors (Lipinski definition) is 0. The first-order valence-corrected chi connectivity index (χ1v) is 8.86. The van der Waals surface area contributed by atoms with E-state index in [2.05, 4.69) is 59.9 Å². The third-order valence-corrected chi connectivity index (χ3v) is 4.70. The molecule has 3 rings (SSSR count). The molecule has 25 heavy (non-hydrogen) atoms. The highest BCUT2D eigenvalue weighted by Gasteiger charge is 2.21. The number of amides is 1. The second-order valence-electron chi connectivity index (χ2n) is 6.58. The van der Waals surface area contributed by atoms with E-state index in [0.717, 1.165) is 44.1 Å². The van der Waals surface area contributed by atoms with Crippen molar-refractivity contribution in [3.63, 3.8) is 0 Å². The third-order valence-electron chi connectivity index (χ3n) is 4.70. The van der Waals surface area contributed by atoms with Crippen LogP contribution in [0, 0.1) is 6.92 Å². The molecule has 0 atom stereocenters. The van der Waals surface area contributed by atoms with Crippen molar-refractivity contribution in [1.82, 2.24) is 14.8 Å². The van der Waals surface area contributed by atoms with Gasteiger partial charge in [-0.3, -0.25) is 4.79 Å². The standard InChI is InChI=1S/C20H26N4O/c1-4-24(17-7-5-6-16(2)14-17)18-8-9-19(21-15-18)20(25)23-12-10-22(3)11-13-23/h5-9,14-15H,4,10-13H2,1-3H3. The number of anilines is 2. The Hall–Kier alpha value is -2.40. The van der Waals surface area contributed by atoms with Gasteiger partial charge in [-0.25, -0.2) is 4.98 Å². The van der Waals surface area contributed by atoms with Crippen LogP contribution in [-0.2, 0) is 0 Å². The highest BCUT2D eigenvalue weighted by atomic mass is 16.2. The fraction of sp³-hybridized carbons (Fsp3) is 0.400. The number of aryl methyl sites for hydroxylation is 1. The summed E-state index contributed by atoms with van der Waals surface area (Å²) in [5.41, 5.74) is 3.89. The average molecular weight is 338 g/mol. The van der Waals surface area contributed by atoms with Crippen molar-refractivity contribution in [3.05, 3.63) is 53.9 Å². The normalized spacial score (nSPS) is 15.2. The first kappa shape index (κ1) is 17.4. The monoisotopic (exact) mass is 338 g/mol. The molecule has 2 heterocycles. The average Bonchev–Trinajstić information content (AvgIpc) is 2.63. The number of likely N-dealkylation sites (N-methyl/N-ethyl adjacent to an activating group) is 1. The number of hydrogen-bond acceptors (Lipinski definition) is 4. The van der Waals surface area contributed by atoms with Gasteiger partial charge in [0.2, 0.25) is 0 Å². The highest BCUT2D eigenvalue weighted by Crippen LogP contribution is 2.25. The first-order chi connectivity index (χ1) is 12.1. The van der Waals surface area contributed by atoms with E-state index < -0.39 is 0 Å². The van der Waals surface area contributed by atoms with Gasteiger partial charge < -0.3 is 14.7 Å². The van der Waals surface area contributed by atoms with E-state index in [4.69, 9.17) is 0 Å². The molecule has 0 spiro atoms. The summed E-state index contributed by atoms with van der Waals surface area (Å²) in [5, 5.41) is 0. The molecule has 0 N–H and O–H groups in total. The second-order valence-corrected chi connectivity index (χ2v) is 6.58. The first-order valence-electron chi connectivity index (χ1n) is 8.86. The molecule has 1 aliphatic heterocycles. The minimum atomic E-state index is 0.0262. The minimum Gasteiger partial charge on any atom is -0.341 e. The lowest BCUT2D eigenvalue weighted by atomic mass is 10.2. The minimum absolute atomic E-state index is 0.0262. The largest absolute Gasteiger partial charge is 0.341 e. The topological polar surface area (TPSA) is 39.7 Å². The molecule has 0 bridgehead atoms. The number of carbonyl (C=O) groups is 1. The summed E-state index contributed by atoms with van der Waals surface area (Å²) in [6.45, 7) is 8.42. The molecule has 1 aromatic carbocycles. The molecule has 0 saturated carbocycles. The van der Waals surface area contributed by atoms with Crippen molar-refractivity contribution >= 4 is 17.3 Å². The van der Waals surface area contributed by atoms with Gasteiger partial charge in [0.25, 0.3) is 5.91 Å². The summed E-state index contributed by atoms with van der Waals surface area (Å²) in [6, 6.07) is 12.2. The number of nitrogens with zero attached hydrogens (tertiary/aromatic N) is 4. The maximum Gasteiger partial charge on any atom is 0.272 e. The quantitative estimate of drug-likeness (QED) is 0.859. The Labute approximate surface area is 149 Å². The van der Waals surface area contributed by atoms with Gasteiger partial charge in [0, 0.05) is 38.4 Å². The number of benzene rings is 1. The van der Waals surface area contributed by atoms with E-state index in [1.165, 1.54) is 5.56 Å². The van der Waals surface area contributed by atoms with Crippen molar-refractivity contribution in [3.8, 4) is 0 Å². The van der Waals surface area contributed by atoms with Crippen LogP contribution in [0.15, 0.2) is 42.6 Å². The lowest BCUT2D eigenvalue weighted by Crippen LogP contribution is -2.47. The van der Waals surface area contributed by atoms with Crippen LogP contribution in [0.25, 0.3) is 0 Å². The van der Waals surface area contributed by atoms with Crippen LogP contribution >= 0.6 is 0 Å². The molecular weight excluding hydrogens is 312 g/mol. The van der Waals surface area contributed by atoms with E-state index in [9.17, 15) is 4.79 Å². The van der Waals surface area contributed by atoms with Crippen LogP contribution in [0.5, 0.6) is 0 Å². The van der Waals surface area contributed by atoms with E-state index in [1.807, 2.05) is 17.0 Å². The molecule has 1 saturated heterocycles. The molecule has 1 fully saturated rings. The summed E-state index contributed by atoms with van der Waals surface area (Å²) >= 11 is 0. The molecule has 2 aromatic rings. The molecule has 1 amide bonds. The van der Waals surface area contributed by atoms with Crippen LogP contribution in [-0.4, -0.2) is 60.5 Å². The van der Waals surface area contributed by atoms with Gasteiger partial charge in [-0.15, -0.1) is 0 Å². The number of aromatic nitrogens is 1. The zero-order valence-electron chi connectivity index (χ0n) is 15.3. The lowest BCUT2D eigenvalue weighted by Gasteiger charge is -2.32. The van der Waals surface area contributed by atoms with Crippen molar-refractivity contribution in [1.29, 1.82) is 0 Å². The van der Waals surface area contributed by atoms with E-state index in [0.29, 0.717) is 5.69 Å².